The summed E-state index contributed by atoms with van der Waals surface area (Å²) in [6, 6.07) is 0.0662. The molecule has 1 amide bonds. The number of rotatable bonds is 2. The summed E-state index contributed by atoms with van der Waals surface area (Å²) in [5.74, 6) is 0. The Morgan fingerprint density at radius 2 is 2.29 bits per heavy atom. The summed E-state index contributed by atoms with van der Waals surface area (Å²) in [6.45, 7) is 6.40. The van der Waals surface area contributed by atoms with Crippen LogP contribution in [0.1, 0.15) is 45.7 Å². The Hall–Kier alpha value is -1.56. The van der Waals surface area contributed by atoms with Crippen LogP contribution in [-0.2, 0) is 4.74 Å². The second kappa shape index (κ2) is 6.47. The molecule has 1 fully saturated rings. The van der Waals surface area contributed by atoms with Gasteiger partial charge >= 0.3 is 6.09 Å². The van der Waals surface area contributed by atoms with E-state index in [1.54, 1.807) is 4.90 Å². The van der Waals surface area contributed by atoms with Crippen molar-refractivity contribution in [3.8, 4) is 0 Å². The number of hydrogen-bond donors (Lipinski definition) is 1. The lowest BCUT2D eigenvalue weighted by Crippen LogP contribution is -2.45. The van der Waals surface area contributed by atoms with E-state index >= 15 is 0 Å². The smallest absolute Gasteiger partial charge is 0.410 e. The molecule has 2 rings (SSSR count). The zero-order chi connectivity index (χ0) is 15.5. The zero-order valence-corrected chi connectivity index (χ0v) is 13.7. The second-order valence-corrected chi connectivity index (χ2v) is 7.10. The van der Waals surface area contributed by atoms with Gasteiger partial charge in [0.2, 0.25) is 0 Å². The lowest BCUT2D eigenvalue weighted by atomic mass is 10.0. The average Bonchev–Trinajstić information content (AvgIpc) is 2.80. The van der Waals surface area contributed by atoms with Crippen LogP contribution in [0.2, 0.25) is 0 Å². The molecular weight excluding hydrogens is 286 g/mol. The Kier molecular flexibility index (Phi) is 4.88. The minimum absolute atomic E-state index is 0.0662. The molecule has 1 aromatic heterocycles. The quantitative estimate of drug-likeness (QED) is 0.907. The molecule has 2 heterocycles. The van der Waals surface area contributed by atoms with Crippen LogP contribution in [0.3, 0.4) is 0 Å². The van der Waals surface area contributed by atoms with Crippen molar-refractivity contribution in [2.24, 2.45) is 0 Å². The molecule has 1 aromatic rings. The van der Waals surface area contributed by atoms with Crippen LogP contribution in [0, 0.1) is 0 Å². The third kappa shape index (κ3) is 4.74. The van der Waals surface area contributed by atoms with E-state index in [1.807, 2.05) is 38.3 Å². The molecule has 5 nitrogen and oxygen atoms in total. The maximum absolute atomic E-state index is 12.3. The first-order valence-corrected chi connectivity index (χ1v) is 8.12. The summed E-state index contributed by atoms with van der Waals surface area (Å²) in [5, 5.41) is 2.47. The van der Waals surface area contributed by atoms with Crippen LogP contribution in [0.4, 0.5) is 9.93 Å². The van der Waals surface area contributed by atoms with Crippen molar-refractivity contribution >= 4 is 28.6 Å². The van der Waals surface area contributed by atoms with Gasteiger partial charge in [0.15, 0.2) is 5.13 Å². The number of ether oxygens (including phenoxy) is 1. The molecule has 21 heavy (non-hydrogen) atoms. The number of nitrogens with zero attached hydrogens (tertiary/aromatic N) is 2. The molecule has 1 aliphatic heterocycles. The van der Waals surface area contributed by atoms with Crippen molar-refractivity contribution in [3.05, 3.63) is 17.2 Å². The minimum atomic E-state index is -0.466. The summed E-state index contributed by atoms with van der Waals surface area (Å²) < 4.78 is 5.48. The van der Waals surface area contributed by atoms with Crippen LogP contribution in [-0.4, -0.2) is 34.2 Å². The fourth-order valence-corrected chi connectivity index (χ4v) is 2.82. The highest BCUT2D eigenvalue weighted by Gasteiger charge is 2.28. The topological polar surface area (TPSA) is 68.5 Å². The SMILES string of the molecule is CC(C)(C)OC(=O)N1CCCCC1/C=C/c1csc(N)n1. The maximum atomic E-state index is 12.3. The molecule has 116 valence electrons. The Morgan fingerprint density at radius 3 is 2.90 bits per heavy atom. The molecule has 6 heteroatoms. The predicted octanol–water partition coefficient (Wildman–Crippen LogP) is 3.53. The predicted molar refractivity (Wildman–Crippen MR) is 86.1 cm³/mol. The molecule has 0 saturated carbocycles. The average molecular weight is 309 g/mol. The number of anilines is 1. The van der Waals surface area contributed by atoms with Gasteiger partial charge in [-0.15, -0.1) is 11.3 Å². The van der Waals surface area contributed by atoms with E-state index in [9.17, 15) is 4.79 Å². The molecule has 2 N–H and O–H groups in total. The van der Waals surface area contributed by atoms with Gasteiger partial charge in [0.1, 0.15) is 5.60 Å². The number of carbonyl (C=O) groups is 1. The van der Waals surface area contributed by atoms with Gasteiger partial charge in [-0.2, -0.15) is 0 Å². The highest BCUT2D eigenvalue weighted by Crippen LogP contribution is 2.22. The number of aromatic nitrogens is 1. The van der Waals surface area contributed by atoms with E-state index in [0.29, 0.717) is 5.13 Å². The van der Waals surface area contributed by atoms with Gasteiger partial charge in [-0.1, -0.05) is 6.08 Å². The summed E-state index contributed by atoms with van der Waals surface area (Å²) in [4.78, 5) is 18.3. The van der Waals surface area contributed by atoms with Gasteiger partial charge in [0.25, 0.3) is 0 Å². The Balaban J connectivity index is 2.05. The van der Waals surface area contributed by atoms with E-state index in [-0.39, 0.29) is 12.1 Å². The first-order valence-electron chi connectivity index (χ1n) is 7.24. The summed E-state index contributed by atoms with van der Waals surface area (Å²) >= 11 is 1.42. The van der Waals surface area contributed by atoms with Crippen LogP contribution in [0.5, 0.6) is 0 Å². The zero-order valence-electron chi connectivity index (χ0n) is 12.8. The van der Waals surface area contributed by atoms with Crippen LogP contribution in [0.15, 0.2) is 11.5 Å². The normalized spacial score (nSPS) is 20.0. The number of carbonyl (C=O) groups excluding carboxylic acids is 1. The number of amides is 1. The number of nitrogen functional groups attached to an aromatic ring is 1. The lowest BCUT2D eigenvalue weighted by molar-refractivity contribution is 0.0150. The van der Waals surface area contributed by atoms with Crippen molar-refractivity contribution in [2.45, 2.75) is 51.7 Å². The van der Waals surface area contributed by atoms with Crippen molar-refractivity contribution in [1.29, 1.82) is 0 Å². The summed E-state index contributed by atoms with van der Waals surface area (Å²) in [5.41, 5.74) is 6.00. The largest absolute Gasteiger partial charge is 0.444 e. The fraction of sp³-hybridized carbons (Fsp3) is 0.600. The molecule has 0 aromatic carbocycles. The van der Waals surface area contributed by atoms with Gasteiger partial charge < -0.3 is 15.4 Å². The van der Waals surface area contributed by atoms with E-state index in [0.717, 1.165) is 31.5 Å². The Morgan fingerprint density at radius 1 is 1.52 bits per heavy atom. The molecule has 1 aliphatic rings. The van der Waals surface area contributed by atoms with Gasteiger partial charge in [-0.3, -0.25) is 0 Å². The highest BCUT2D eigenvalue weighted by atomic mass is 32.1. The van der Waals surface area contributed by atoms with Crippen molar-refractivity contribution in [1.82, 2.24) is 9.88 Å². The van der Waals surface area contributed by atoms with Gasteiger partial charge in [0, 0.05) is 11.9 Å². The third-order valence-corrected chi connectivity index (χ3v) is 3.90. The van der Waals surface area contributed by atoms with Crippen LogP contribution in [0.25, 0.3) is 6.08 Å². The van der Waals surface area contributed by atoms with E-state index in [1.165, 1.54) is 11.3 Å². The van der Waals surface area contributed by atoms with Gasteiger partial charge in [-0.25, -0.2) is 9.78 Å². The van der Waals surface area contributed by atoms with E-state index < -0.39 is 5.60 Å². The Labute approximate surface area is 129 Å². The van der Waals surface area contributed by atoms with Crippen LogP contribution >= 0.6 is 11.3 Å². The number of nitrogens with two attached hydrogens (primary N) is 1. The van der Waals surface area contributed by atoms with Crippen molar-refractivity contribution in [2.75, 3.05) is 12.3 Å². The molecular formula is C15H23N3O2S. The monoisotopic (exact) mass is 309 g/mol. The summed E-state index contributed by atoms with van der Waals surface area (Å²) in [7, 11) is 0. The number of thiazole rings is 1. The molecule has 0 aliphatic carbocycles. The third-order valence-electron chi connectivity index (χ3n) is 3.21. The van der Waals surface area contributed by atoms with Crippen molar-refractivity contribution < 1.29 is 9.53 Å². The van der Waals surface area contributed by atoms with E-state index in [2.05, 4.69) is 4.98 Å². The minimum Gasteiger partial charge on any atom is -0.444 e. The first-order chi connectivity index (χ1) is 9.85. The Bertz CT molecular complexity index is 519. The highest BCUT2D eigenvalue weighted by molar-refractivity contribution is 7.13. The lowest BCUT2D eigenvalue weighted by Gasteiger charge is -2.35. The first kappa shape index (κ1) is 15.8. The van der Waals surface area contributed by atoms with Crippen molar-refractivity contribution in [3.63, 3.8) is 0 Å². The number of piperidine rings is 1. The molecule has 1 atom stereocenters. The standard InChI is InChI=1S/C15H23N3O2S/c1-15(2,3)20-14(19)18-9-5-4-6-12(18)8-7-11-10-21-13(16)17-11/h7-8,10,12H,4-6,9H2,1-3H3,(H2,16,17)/b8-7+. The number of hydrogen-bond acceptors (Lipinski definition) is 5. The molecule has 0 spiro atoms. The molecule has 0 radical (unpaired) electrons. The van der Waals surface area contributed by atoms with E-state index in [4.69, 9.17) is 10.5 Å². The second-order valence-electron chi connectivity index (χ2n) is 6.21. The van der Waals surface area contributed by atoms with Gasteiger partial charge in [0.05, 0.1) is 11.7 Å². The van der Waals surface area contributed by atoms with Crippen LogP contribution < -0.4 is 5.73 Å². The molecule has 0 bridgehead atoms. The maximum Gasteiger partial charge on any atom is 0.410 e. The summed E-state index contributed by atoms with van der Waals surface area (Å²) in [6.07, 6.45) is 6.81. The molecule has 1 unspecified atom stereocenters. The van der Waals surface area contributed by atoms with Gasteiger partial charge in [-0.05, 0) is 46.1 Å². The number of likely N-dealkylation sites (tertiary alicyclic amines) is 1. The molecule has 1 saturated heterocycles. The fourth-order valence-electron chi connectivity index (χ4n) is 2.29.